The van der Waals surface area contributed by atoms with Crippen LogP contribution in [-0.4, -0.2) is 74.9 Å². The summed E-state index contributed by atoms with van der Waals surface area (Å²) >= 11 is 0. The molecule has 0 aliphatic rings. The Bertz CT molecular complexity index is 1610. The molecule has 384 valence electrons. The molecule has 0 aliphatic heterocycles. The quantitative estimate of drug-likeness (QED) is 0.0211. The highest BCUT2D eigenvalue weighted by Gasteiger charge is 2.27. The fourth-order valence-electron chi connectivity index (χ4n) is 6.22. The van der Waals surface area contributed by atoms with Gasteiger partial charge in [-0.25, -0.2) is 4.57 Å². The van der Waals surface area contributed by atoms with E-state index in [1.807, 2.05) is 21.1 Å². The minimum absolute atomic E-state index is 0.0147. The molecule has 0 radical (unpaired) electrons. The number of esters is 2. The van der Waals surface area contributed by atoms with E-state index < -0.39 is 32.5 Å². The topological polar surface area (TPSA) is 108 Å². The predicted molar refractivity (Wildman–Crippen MR) is 288 cm³/mol. The van der Waals surface area contributed by atoms with E-state index in [4.69, 9.17) is 18.5 Å². The molecule has 1 N–H and O–H groups in total. The van der Waals surface area contributed by atoms with Gasteiger partial charge in [-0.05, 0) is 109 Å². The minimum Gasteiger partial charge on any atom is -0.462 e. The highest BCUT2D eigenvalue weighted by molar-refractivity contribution is 7.47. The predicted octanol–water partition coefficient (Wildman–Crippen LogP) is 15.8. The summed E-state index contributed by atoms with van der Waals surface area (Å²) in [6.07, 6.45) is 69.3. The number of nitrogens with zero attached hydrogens (tertiary/aromatic N) is 1. The number of quaternary nitrogens is 1. The van der Waals surface area contributed by atoms with Crippen LogP contribution in [0.15, 0.2) is 134 Å². The van der Waals surface area contributed by atoms with Gasteiger partial charge in [0.1, 0.15) is 19.8 Å². The van der Waals surface area contributed by atoms with Gasteiger partial charge < -0.3 is 18.9 Å². The van der Waals surface area contributed by atoms with E-state index in [0.717, 1.165) is 128 Å². The molecule has 0 saturated heterocycles. The maximum absolute atomic E-state index is 12.8. The molecular weight excluding hydrogens is 870 g/mol. The average Bonchev–Trinajstić information content (AvgIpc) is 3.30. The van der Waals surface area contributed by atoms with E-state index in [1.54, 1.807) is 0 Å². The average molecular weight is 965 g/mol. The van der Waals surface area contributed by atoms with Crippen molar-refractivity contribution in [1.29, 1.82) is 0 Å². The molecule has 0 aromatic rings. The number of phosphoric ester groups is 1. The van der Waals surface area contributed by atoms with Gasteiger partial charge in [-0.15, -0.1) is 0 Å². The van der Waals surface area contributed by atoms with E-state index in [2.05, 4.69) is 148 Å². The monoisotopic (exact) mass is 965 g/mol. The van der Waals surface area contributed by atoms with Gasteiger partial charge in [0.2, 0.25) is 0 Å². The van der Waals surface area contributed by atoms with E-state index >= 15 is 0 Å². The molecule has 0 bridgehead atoms. The third kappa shape index (κ3) is 51.5. The van der Waals surface area contributed by atoms with Crippen LogP contribution in [0.2, 0.25) is 0 Å². The van der Waals surface area contributed by atoms with Crippen LogP contribution in [0.25, 0.3) is 0 Å². The molecule has 0 rings (SSSR count). The molecule has 0 amide bonds. The van der Waals surface area contributed by atoms with Crippen LogP contribution >= 0.6 is 7.82 Å². The van der Waals surface area contributed by atoms with Crippen LogP contribution in [0.1, 0.15) is 168 Å². The van der Waals surface area contributed by atoms with Crippen LogP contribution < -0.4 is 0 Å². The van der Waals surface area contributed by atoms with Gasteiger partial charge in [0.25, 0.3) is 0 Å². The number of likely N-dealkylation sites (N-methyl/N-ethyl adjacent to an activating group) is 1. The molecule has 2 unspecified atom stereocenters. The van der Waals surface area contributed by atoms with Crippen molar-refractivity contribution in [3.63, 3.8) is 0 Å². The number of carbonyl (C=O) groups is 2. The maximum atomic E-state index is 12.8. The van der Waals surface area contributed by atoms with E-state index in [1.165, 1.54) is 0 Å². The van der Waals surface area contributed by atoms with Crippen molar-refractivity contribution >= 4 is 19.8 Å². The lowest BCUT2D eigenvalue weighted by Gasteiger charge is -2.24. The first-order valence-corrected chi connectivity index (χ1v) is 27.4. The van der Waals surface area contributed by atoms with Gasteiger partial charge in [0.05, 0.1) is 27.7 Å². The first-order chi connectivity index (χ1) is 33.0. The Kier molecular flexibility index (Phi) is 45.5. The summed E-state index contributed by atoms with van der Waals surface area (Å²) in [6, 6.07) is 0. The van der Waals surface area contributed by atoms with Crippen LogP contribution in [0, 0.1) is 0 Å². The maximum Gasteiger partial charge on any atom is 0.472 e. The molecule has 2 atom stereocenters. The van der Waals surface area contributed by atoms with E-state index in [-0.39, 0.29) is 26.1 Å². The molecule has 0 aromatic carbocycles. The molecular formula is C58H95NO8P+. The van der Waals surface area contributed by atoms with Crippen LogP contribution in [0.4, 0.5) is 0 Å². The number of rotatable bonds is 45. The van der Waals surface area contributed by atoms with Gasteiger partial charge >= 0.3 is 19.8 Å². The summed E-state index contributed by atoms with van der Waals surface area (Å²) < 4.78 is 34.4. The Labute approximate surface area is 415 Å². The summed E-state index contributed by atoms with van der Waals surface area (Å²) in [5.74, 6) is -0.862. The molecule has 68 heavy (non-hydrogen) atoms. The van der Waals surface area contributed by atoms with Crippen molar-refractivity contribution in [3.05, 3.63) is 134 Å². The summed E-state index contributed by atoms with van der Waals surface area (Å²) in [5, 5.41) is 0. The van der Waals surface area contributed by atoms with Crippen molar-refractivity contribution in [1.82, 2.24) is 0 Å². The first kappa shape index (κ1) is 64.2. The Morgan fingerprint density at radius 2 is 0.794 bits per heavy atom. The Morgan fingerprint density at radius 1 is 0.456 bits per heavy atom. The lowest BCUT2D eigenvalue weighted by Crippen LogP contribution is -2.37. The van der Waals surface area contributed by atoms with E-state index in [9.17, 15) is 19.0 Å². The molecule has 0 aliphatic carbocycles. The summed E-state index contributed by atoms with van der Waals surface area (Å²) in [4.78, 5) is 35.6. The Hall–Kier alpha value is -3.85. The number of carbonyl (C=O) groups excluding carboxylic acids is 2. The van der Waals surface area contributed by atoms with Gasteiger partial charge in [-0.2, -0.15) is 0 Å². The number of hydrogen-bond acceptors (Lipinski definition) is 7. The molecule has 9 nitrogen and oxygen atoms in total. The summed E-state index contributed by atoms with van der Waals surface area (Å²) in [6.45, 7) is 4.12. The second kappa shape index (κ2) is 48.2. The van der Waals surface area contributed by atoms with Crippen molar-refractivity contribution < 1.29 is 42.1 Å². The standard InChI is InChI=1S/C58H94NO8P/c1-6-8-10-12-14-16-18-20-22-24-25-26-27-28-29-30-31-32-33-35-37-39-41-43-45-47-49-51-58(61)67-56(55-66-68(62,63)65-53-52-59(3,4)5)54-64-57(60)50-48-46-44-42-40-38-36-34-23-21-19-17-15-13-11-9-7-2/h8-11,14-17,20-23,25-26,28-29,31-32,35-38,56H,6-7,12-13,18-19,24,27,30,33-34,39-55H2,1-5H3/p+1/b10-8-,11-9-,16-14-,17-15-,22-20-,23-21-,26-25-,29-28-,32-31-,37-35-,38-36-. The molecule has 0 heterocycles. The van der Waals surface area contributed by atoms with Gasteiger partial charge in [-0.3, -0.25) is 18.6 Å². The fourth-order valence-corrected chi connectivity index (χ4v) is 6.96. The van der Waals surface area contributed by atoms with Crippen molar-refractivity contribution in [2.75, 3.05) is 47.5 Å². The van der Waals surface area contributed by atoms with Crippen molar-refractivity contribution in [2.45, 2.75) is 174 Å². The lowest BCUT2D eigenvalue weighted by molar-refractivity contribution is -0.870. The second-order valence-electron chi connectivity index (χ2n) is 17.8. The zero-order valence-electron chi connectivity index (χ0n) is 43.3. The first-order valence-electron chi connectivity index (χ1n) is 25.9. The number of ether oxygens (including phenoxy) is 2. The van der Waals surface area contributed by atoms with Gasteiger partial charge in [0, 0.05) is 12.8 Å². The van der Waals surface area contributed by atoms with Gasteiger partial charge in [0.15, 0.2) is 6.10 Å². The Morgan fingerprint density at radius 3 is 1.18 bits per heavy atom. The van der Waals surface area contributed by atoms with Crippen LogP contribution in [0.3, 0.4) is 0 Å². The minimum atomic E-state index is -4.40. The molecule has 0 saturated carbocycles. The highest BCUT2D eigenvalue weighted by Crippen LogP contribution is 2.43. The Balaban J connectivity index is 4.36. The molecule has 0 spiro atoms. The number of unbranched alkanes of at least 4 members (excludes halogenated alkanes) is 9. The van der Waals surface area contributed by atoms with Crippen LogP contribution in [-0.2, 0) is 32.7 Å². The van der Waals surface area contributed by atoms with Crippen LogP contribution in [0.5, 0.6) is 0 Å². The zero-order valence-corrected chi connectivity index (χ0v) is 44.2. The SMILES string of the molecule is CC/C=C\C/C=C\C/C=C\C/C=C\C/C=C\C/C=C\C/C=C\CCCCCCCC(=O)OC(COC(=O)CCCCCC/C=C\C/C=C\C/C=C\C/C=C\CC)COP(=O)(O)OCC[N+](C)(C)C. The molecule has 0 aromatic heterocycles. The lowest BCUT2D eigenvalue weighted by atomic mass is 10.1. The third-order valence-corrected chi connectivity index (χ3v) is 11.2. The van der Waals surface area contributed by atoms with Gasteiger partial charge in [-0.1, -0.05) is 180 Å². The van der Waals surface area contributed by atoms with Crippen molar-refractivity contribution in [2.24, 2.45) is 0 Å². The number of allylic oxidation sites excluding steroid dienone is 22. The highest BCUT2D eigenvalue weighted by atomic mass is 31.2. The smallest absolute Gasteiger partial charge is 0.462 e. The summed E-state index contributed by atoms with van der Waals surface area (Å²) in [5.41, 5.74) is 0. The largest absolute Gasteiger partial charge is 0.472 e. The molecule has 10 heteroatoms. The fraction of sp³-hybridized carbons (Fsp3) is 0.586. The number of hydrogen-bond donors (Lipinski definition) is 1. The molecule has 0 fully saturated rings. The third-order valence-electron chi connectivity index (χ3n) is 10.2. The number of phosphoric acid groups is 1. The van der Waals surface area contributed by atoms with Crippen molar-refractivity contribution in [3.8, 4) is 0 Å². The van der Waals surface area contributed by atoms with E-state index in [0.29, 0.717) is 23.9 Å². The zero-order chi connectivity index (χ0) is 49.9. The second-order valence-corrected chi connectivity index (χ2v) is 19.2. The summed E-state index contributed by atoms with van der Waals surface area (Å²) in [7, 11) is 1.42. The normalized spacial score (nSPS) is 14.5.